The highest BCUT2D eigenvalue weighted by Crippen LogP contribution is 2.60. The predicted molar refractivity (Wildman–Crippen MR) is 79.0 cm³/mol. The quantitative estimate of drug-likeness (QED) is 0.771. The van der Waals surface area contributed by atoms with Gasteiger partial charge in [0.15, 0.2) is 0 Å². The predicted octanol–water partition coefficient (Wildman–Crippen LogP) is 2.55. The van der Waals surface area contributed by atoms with E-state index >= 15 is 0 Å². The van der Waals surface area contributed by atoms with Crippen LogP contribution in [0, 0.1) is 35.0 Å². The molecule has 108 valence electrons. The molecule has 5 unspecified atom stereocenters. The van der Waals surface area contributed by atoms with Gasteiger partial charge in [0.1, 0.15) is 0 Å². The smallest absolute Gasteiger partial charge is 0.0101 e. The van der Waals surface area contributed by atoms with Crippen LogP contribution in [0.25, 0.3) is 0 Å². The molecule has 0 amide bonds. The number of nitrogens with zero attached hydrogens (tertiary/aromatic N) is 2. The van der Waals surface area contributed by atoms with E-state index in [1.165, 1.54) is 39.0 Å². The molecule has 2 bridgehead atoms. The summed E-state index contributed by atoms with van der Waals surface area (Å²) in [5, 5.41) is 0. The van der Waals surface area contributed by atoms with Gasteiger partial charge in [-0.3, -0.25) is 4.90 Å². The van der Waals surface area contributed by atoms with Crippen molar-refractivity contribution in [2.45, 2.75) is 39.7 Å². The third-order valence-electron chi connectivity index (χ3n) is 6.90. The topological polar surface area (TPSA) is 6.48 Å². The second kappa shape index (κ2) is 3.98. The largest absolute Gasteiger partial charge is 0.306 e. The molecule has 0 aromatic heterocycles. The molecule has 4 aliphatic rings. The number of rotatable bonds is 3. The Balaban J connectivity index is 1.38. The van der Waals surface area contributed by atoms with Crippen molar-refractivity contribution in [1.29, 1.82) is 0 Å². The second-order valence-corrected chi connectivity index (χ2v) is 8.86. The Hall–Kier alpha value is -0.0800. The average molecular weight is 262 g/mol. The summed E-state index contributed by atoms with van der Waals surface area (Å²) in [5.41, 5.74) is 0.546. The summed E-state index contributed by atoms with van der Waals surface area (Å²) in [6.45, 7) is 13.0. The molecule has 4 rings (SSSR count). The molecule has 0 aromatic rings. The maximum absolute atomic E-state index is 2.85. The van der Waals surface area contributed by atoms with Crippen molar-refractivity contribution in [1.82, 2.24) is 9.80 Å². The lowest BCUT2D eigenvalue weighted by molar-refractivity contribution is 0.0982. The first-order chi connectivity index (χ1) is 8.95. The highest BCUT2D eigenvalue weighted by molar-refractivity contribution is 5.11. The van der Waals surface area contributed by atoms with Gasteiger partial charge in [-0.05, 0) is 54.9 Å². The van der Waals surface area contributed by atoms with Crippen LogP contribution in [0.3, 0.4) is 0 Å². The van der Waals surface area contributed by atoms with Crippen LogP contribution in [0.2, 0.25) is 0 Å². The summed E-state index contributed by atoms with van der Waals surface area (Å²) >= 11 is 0. The third-order valence-corrected chi connectivity index (χ3v) is 6.90. The maximum atomic E-state index is 2.85. The lowest BCUT2D eigenvalue weighted by atomic mass is 9.83. The minimum atomic E-state index is 0.546. The fourth-order valence-corrected chi connectivity index (χ4v) is 6.02. The molecule has 0 spiro atoms. The number of fused-ring (bicyclic) bond motifs is 3. The molecular formula is C17H30N2. The number of hydrogen-bond donors (Lipinski definition) is 0. The Bertz CT molecular complexity index is 363. The Labute approximate surface area is 118 Å². The van der Waals surface area contributed by atoms with Crippen molar-refractivity contribution in [3.63, 3.8) is 0 Å². The monoisotopic (exact) mass is 262 g/mol. The van der Waals surface area contributed by atoms with Gasteiger partial charge in [0.05, 0.1) is 0 Å². The highest BCUT2D eigenvalue weighted by atomic mass is 15.2. The normalized spacial score (nSPS) is 49.9. The molecule has 4 fully saturated rings. The lowest BCUT2D eigenvalue weighted by Crippen LogP contribution is -2.43. The van der Waals surface area contributed by atoms with Crippen LogP contribution in [-0.2, 0) is 0 Å². The van der Waals surface area contributed by atoms with Gasteiger partial charge >= 0.3 is 0 Å². The van der Waals surface area contributed by atoms with Crippen molar-refractivity contribution in [3.8, 4) is 0 Å². The van der Waals surface area contributed by atoms with E-state index in [-0.39, 0.29) is 0 Å². The van der Waals surface area contributed by atoms with Gasteiger partial charge < -0.3 is 4.90 Å². The SMILES string of the molecule is CC1CC2CC1CN2CC(C)(C)C1C2CN(C)CC21. The van der Waals surface area contributed by atoms with Crippen LogP contribution >= 0.6 is 0 Å². The van der Waals surface area contributed by atoms with E-state index in [9.17, 15) is 0 Å². The van der Waals surface area contributed by atoms with Crippen LogP contribution < -0.4 is 0 Å². The summed E-state index contributed by atoms with van der Waals surface area (Å²) in [6.07, 6.45) is 2.97. The van der Waals surface area contributed by atoms with E-state index in [0.29, 0.717) is 5.41 Å². The molecule has 2 saturated heterocycles. The zero-order chi connectivity index (χ0) is 13.4. The first-order valence-electron chi connectivity index (χ1n) is 8.38. The maximum Gasteiger partial charge on any atom is 0.0101 e. The molecule has 5 atom stereocenters. The average Bonchev–Trinajstić information content (AvgIpc) is 2.66. The number of piperidine rings is 2. The summed E-state index contributed by atoms with van der Waals surface area (Å²) in [6, 6.07) is 0.931. The van der Waals surface area contributed by atoms with E-state index in [0.717, 1.165) is 35.6 Å². The molecule has 2 saturated carbocycles. The Morgan fingerprint density at radius 3 is 2.26 bits per heavy atom. The van der Waals surface area contributed by atoms with Crippen LogP contribution in [0.1, 0.15) is 33.6 Å². The van der Waals surface area contributed by atoms with Gasteiger partial charge in [-0.15, -0.1) is 0 Å². The van der Waals surface area contributed by atoms with Gasteiger partial charge in [0.2, 0.25) is 0 Å². The number of hydrogen-bond acceptors (Lipinski definition) is 2. The van der Waals surface area contributed by atoms with Crippen molar-refractivity contribution in [2.24, 2.45) is 35.0 Å². The van der Waals surface area contributed by atoms with Crippen molar-refractivity contribution >= 4 is 0 Å². The molecule has 2 heteroatoms. The first kappa shape index (κ1) is 12.6. The zero-order valence-electron chi connectivity index (χ0n) is 13.1. The van der Waals surface area contributed by atoms with Crippen LogP contribution in [0.15, 0.2) is 0 Å². The lowest BCUT2D eigenvalue weighted by Gasteiger charge is -2.38. The van der Waals surface area contributed by atoms with E-state index in [1.807, 2.05) is 0 Å². The molecule has 0 aromatic carbocycles. The van der Waals surface area contributed by atoms with Crippen molar-refractivity contribution in [3.05, 3.63) is 0 Å². The molecule has 2 aliphatic carbocycles. The fourth-order valence-electron chi connectivity index (χ4n) is 6.02. The van der Waals surface area contributed by atoms with E-state index < -0.39 is 0 Å². The second-order valence-electron chi connectivity index (χ2n) is 8.86. The van der Waals surface area contributed by atoms with Crippen LogP contribution in [-0.4, -0.2) is 49.1 Å². The molecule has 2 heterocycles. The summed E-state index contributed by atoms with van der Waals surface area (Å²) in [5.74, 6) is 5.08. The van der Waals surface area contributed by atoms with Crippen molar-refractivity contribution in [2.75, 3.05) is 33.2 Å². The third kappa shape index (κ3) is 1.90. The molecular weight excluding hydrogens is 232 g/mol. The minimum absolute atomic E-state index is 0.546. The van der Waals surface area contributed by atoms with Crippen LogP contribution in [0.5, 0.6) is 0 Å². The minimum Gasteiger partial charge on any atom is -0.306 e. The molecule has 0 radical (unpaired) electrons. The molecule has 2 aliphatic heterocycles. The van der Waals surface area contributed by atoms with Gasteiger partial charge in [0, 0.05) is 32.2 Å². The van der Waals surface area contributed by atoms with Crippen molar-refractivity contribution < 1.29 is 0 Å². The Morgan fingerprint density at radius 2 is 1.74 bits per heavy atom. The van der Waals surface area contributed by atoms with E-state index in [2.05, 4.69) is 37.6 Å². The van der Waals surface area contributed by atoms with Gasteiger partial charge in [-0.25, -0.2) is 0 Å². The Kier molecular flexibility index (Phi) is 2.65. The van der Waals surface area contributed by atoms with Crippen LogP contribution in [0.4, 0.5) is 0 Å². The zero-order valence-corrected chi connectivity index (χ0v) is 13.1. The summed E-state index contributed by atoms with van der Waals surface area (Å²) in [7, 11) is 2.29. The van der Waals surface area contributed by atoms with Gasteiger partial charge in [-0.1, -0.05) is 20.8 Å². The summed E-state index contributed by atoms with van der Waals surface area (Å²) < 4.78 is 0. The van der Waals surface area contributed by atoms with E-state index in [4.69, 9.17) is 0 Å². The standard InChI is InChI=1S/C17H30N2/c1-11-5-13-6-12(11)7-19(13)10-17(2,3)16-14-8-18(4)9-15(14)16/h11-16H,5-10H2,1-4H3. The Morgan fingerprint density at radius 1 is 1.05 bits per heavy atom. The van der Waals surface area contributed by atoms with E-state index in [1.54, 1.807) is 0 Å². The first-order valence-corrected chi connectivity index (χ1v) is 8.38. The molecule has 0 N–H and O–H groups in total. The highest BCUT2D eigenvalue weighted by Gasteiger charge is 2.61. The number of likely N-dealkylation sites (tertiary alicyclic amines) is 2. The molecule has 2 nitrogen and oxygen atoms in total. The summed E-state index contributed by atoms with van der Waals surface area (Å²) in [4.78, 5) is 5.38. The fraction of sp³-hybridized carbons (Fsp3) is 1.00. The molecule has 19 heavy (non-hydrogen) atoms. The van der Waals surface area contributed by atoms with Gasteiger partial charge in [-0.2, -0.15) is 0 Å². The van der Waals surface area contributed by atoms with Gasteiger partial charge in [0.25, 0.3) is 0 Å².